The smallest absolute Gasteiger partial charge is 0.276 e. The van der Waals surface area contributed by atoms with Crippen molar-refractivity contribution in [2.45, 2.75) is 13.5 Å². The van der Waals surface area contributed by atoms with Gasteiger partial charge in [0.15, 0.2) is 5.75 Å². The summed E-state index contributed by atoms with van der Waals surface area (Å²) in [5.41, 5.74) is 2.44. The van der Waals surface area contributed by atoms with Crippen LogP contribution < -0.4 is 15.6 Å². The number of hydrogen-bond acceptors (Lipinski definition) is 4. The van der Waals surface area contributed by atoms with Gasteiger partial charge in [0.05, 0.1) is 12.2 Å². The lowest BCUT2D eigenvalue weighted by molar-refractivity contribution is 0.101. The lowest BCUT2D eigenvalue weighted by Crippen LogP contribution is -2.26. The Morgan fingerprint density at radius 1 is 0.903 bits per heavy atom. The molecule has 0 bridgehead atoms. The fourth-order valence-corrected chi connectivity index (χ4v) is 3.01. The highest BCUT2D eigenvalue weighted by Crippen LogP contribution is 2.29. The normalized spacial score (nSPS) is 10.5. The van der Waals surface area contributed by atoms with E-state index in [-0.39, 0.29) is 17.8 Å². The molecule has 154 valence electrons. The van der Waals surface area contributed by atoms with Crippen molar-refractivity contribution in [1.29, 1.82) is 0 Å². The molecule has 6 heteroatoms. The van der Waals surface area contributed by atoms with Gasteiger partial charge < -0.3 is 10.1 Å². The Morgan fingerprint density at radius 2 is 1.61 bits per heavy atom. The van der Waals surface area contributed by atoms with Crippen molar-refractivity contribution in [1.82, 2.24) is 9.78 Å². The molecule has 0 spiro atoms. The summed E-state index contributed by atoms with van der Waals surface area (Å²) >= 11 is 0. The Morgan fingerprint density at radius 3 is 2.39 bits per heavy atom. The minimum absolute atomic E-state index is 0.140. The molecule has 31 heavy (non-hydrogen) atoms. The second-order valence-corrected chi connectivity index (χ2v) is 7.07. The zero-order chi connectivity index (χ0) is 21.6. The van der Waals surface area contributed by atoms with Crippen molar-refractivity contribution in [3.63, 3.8) is 0 Å². The summed E-state index contributed by atoms with van der Waals surface area (Å²) in [6, 6.07) is 27.1. The Bertz CT molecular complexity index is 1250. The number of aryl methyl sites for hydroxylation is 1. The van der Waals surface area contributed by atoms with Crippen LogP contribution in [0, 0.1) is 6.92 Å². The van der Waals surface area contributed by atoms with Crippen LogP contribution in [0.2, 0.25) is 0 Å². The summed E-state index contributed by atoms with van der Waals surface area (Å²) in [6.07, 6.45) is 0. The van der Waals surface area contributed by atoms with Crippen molar-refractivity contribution >= 4 is 11.6 Å². The van der Waals surface area contributed by atoms with Crippen LogP contribution >= 0.6 is 0 Å². The molecule has 0 unspecified atom stereocenters. The molecule has 0 atom stereocenters. The van der Waals surface area contributed by atoms with E-state index < -0.39 is 5.91 Å². The van der Waals surface area contributed by atoms with Gasteiger partial charge in [0.25, 0.3) is 11.5 Å². The van der Waals surface area contributed by atoms with E-state index >= 15 is 0 Å². The van der Waals surface area contributed by atoms with Gasteiger partial charge in [0.1, 0.15) is 11.4 Å². The molecule has 3 aromatic carbocycles. The van der Waals surface area contributed by atoms with Crippen LogP contribution in [0.4, 0.5) is 5.69 Å². The highest BCUT2D eigenvalue weighted by Gasteiger charge is 2.13. The average Bonchev–Trinajstić information content (AvgIpc) is 2.79. The van der Waals surface area contributed by atoms with Crippen LogP contribution in [0.1, 0.15) is 21.6 Å². The molecule has 0 saturated carbocycles. The minimum atomic E-state index is -0.429. The topological polar surface area (TPSA) is 73.2 Å². The summed E-state index contributed by atoms with van der Waals surface area (Å²) < 4.78 is 7.17. The summed E-state index contributed by atoms with van der Waals surface area (Å²) in [4.78, 5) is 25.1. The molecule has 0 aliphatic carbocycles. The van der Waals surface area contributed by atoms with E-state index in [9.17, 15) is 9.59 Å². The number of anilines is 1. The number of benzene rings is 3. The first-order valence-corrected chi connectivity index (χ1v) is 9.85. The molecule has 0 radical (unpaired) electrons. The zero-order valence-electron chi connectivity index (χ0n) is 17.0. The predicted octanol–water partition coefficient (Wildman–Crippen LogP) is 4.64. The van der Waals surface area contributed by atoms with E-state index in [4.69, 9.17) is 4.74 Å². The van der Waals surface area contributed by atoms with E-state index in [1.165, 1.54) is 16.8 Å². The maximum atomic E-state index is 12.8. The van der Waals surface area contributed by atoms with E-state index in [1.807, 2.05) is 67.6 Å². The number of ether oxygens (including phenoxy) is 1. The summed E-state index contributed by atoms with van der Waals surface area (Å²) in [6.45, 7) is 2.28. The van der Waals surface area contributed by atoms with E-state index in [2.05, 4.69) is 10.4 Å². The van der Waals surface area contributed by atoms with E-state index in [1.54, 1.807) is 18.2 Å². The molecular formula is C25H21N3O3. The first kappa shape index (κ1) is 20.1. The molecule has 0 saturated heterocycles. The molecule has 6 nitrogen and oxygen atoms in total. The Hall–Kier alpha value is -4.19. The molecule has 0 aliphatic rings. The number of nitrogens with zero attached hydrogens (tertiary/aromatic N) is 2. The van der Waals surface area contributed by atoms with Crippen molar-refractivity contribution < 1.29 is 9.53 Å². The largest absolute Gasteiger partial charge is 0.455 e. The van der Waals surface area contributed by atoms with Crippen molar-refractivity contribution in [2.75, 3.05) is 5.32 Å². The van der Waals surface area contributed by atoms with Gasteiger partial charge in [-0.2, -0.15) is 5.10 Å². The van der Waals surface area contributed by atoms with Gasteiger partial charge in [-0.1, -0.05) is 60.2 Å². The lowest BCUT2D eigenvalue weighted by Gasteiger charge is -2.12. The number of para-hydroxylation sites is 3. The van der Waals surface area contributed by atoms with Gasteiger partial charge in [0, 0.05) is 6.07 Å². The second kappa shape index (κ2) is 9.09. The maximum Gasteiger partial charge on any atom is 0.276 e. The maximum absolute atomic E-state index is 12.8. The molecule has 1 heterocycles. The van der Waals surface area contributed by atoms with E-state index in [0.29, 0.717) is 17.2 Å². The van der Waals surface area contributed by atoms with Gasteiger partial charge >= 0.3 is 0 Å². The lowest BCUT2D eigenvalue weighted by atomic mass is 10.1. The van der Waals surface area contributed by atoms with Gasteiger partial charge in [-0.05, 0) is 42.8 Å². The number of carbonyl (C=O) groups is 1. The van der Waals surface area contributed by atoms with Gasteiger partial charge in [0.2, 0.25) is 0 Å². The Balaban J connectivity index is 1.54. The third-order valence-electron chi connectivity index (χ3n) is 4.66. The Kier molecular flexibility index (Phi) is 5.89. The summed E-state index contributed by atoms with van der Waals surface area (Å²) in [5, 5.41) is 7.07. The summed E-state index contributed by atoms with van der Waals surface area (Å²) in [5.74, 6) is 0.741. The molecule has 0 aliphatic heterocycles. The monoisotopic (exact) mass is 411 g/mol. The van der Waals surface area contributed by atoms with Gasteiger partial charge in [-0.25, -0.2) is 4.68 Å². The molecule has 4 aromatic rings. The van der Waals surface area contributed by atoms with Crippen LogP contribution in [0.3, 0.4) is 0 Å². The average molecular weight is 411 g/mol. The molecule has 1 aromatic heterocycles. The fraction of sp³-hybridized carbons (Fsp3) is 0.0800. The van der Waals surface area contributed by atoms with Crippen molar-refractivity contribution in [2.24, 2.45) is 0 Å². The fourth-order valence-electron chi connectivity index (χ4n) is 3.01. The third kappa shape index (κ3) is 5.05. The number of hydrogen-bond donors (Lipinski definition) is 1. The minimum Gasteiger partial charge on any atom is -0.455 e. The molecular weight excluding hydrogens is 390 g/mol. The van der Waals surface area contributed by atoms with Crippen LogP contribution in [0.25, 0.3) is 0 Å². The summed E-state index contributed by atoms with van der Waals surface area (Å²) in [7, 11) is 0. The molecule has 1 N–H and O–H groups in total. The number of nitrogens with one attached hydrogen (secondary N) is 1. The predicted molar refractivity (Wildman–Crippen MR) is 120 cm³/mol. The molecule has 0 fully saturated rings. The second-order valence-electron chi connectivity index (χ2n) is 7.07. The highest BCUT2D eigenvalue weighted by atomic mass is 16.5. The number of rotatable bonds is 6. The van der Waals surface area contributed by atoms with Crippen LogP contribution in [-0.2, 0) is 6.54 Å². The third-order valence-corrected chi connectivity index (χ3v) is 4.66. The molecule has 4 rings (SSSR count). The van der Waals surface area contributed by atoms with E-state index in [0.717, 1.165) is 11.1 Å². The SMILES string of the molecule is Cc1ccc(Cn2nc(C(=O)Nc3ccccc3Oc3ccccc3)ccc2=O)cc1. The van der Waals surface area contributed by atoms with Gasteiger partial charge in [-0.15, -0.1) is 0 Å². The van der Waals surface area contributed by atoms with Crippen molar-refractivity contribution in [3.8, 4) is 11.5 Å². The van der Waals surface area contributed by atoms with Crippen molar-refractivity contribution in [3.05, 3.63) is 118 Å². The van der Waals surface area contributed by atoms with Crippen LogP contribution in [0.5, 0.6) is 11.5 Å². The first-order chi connectivity index (χ1) is 15.1. The van der Waals surface area contributed by atoms with Gasteiger partial charge in [-0.3, -0.25) is 9.59 Å². The zero-order valence-corrected chi connectivity index (χ0v) is 17.0. The Labute approximate surface area is 179 Å². The number of amides is 1. The first-order valence-electron chi connectivity index (χ1n) is 9.85. The highest BCUT2D eigenvalue weighted by molar-refractivity contribution is 6.03. The number of carbonyl (C=O) groups excluding carboxylic acids is 1. The quantitative estimate of drug-likeness (QED) is 0.501. The number of aromatic nitrogens is 2. The molecule has 1 amide bonds. The standard InChI is InChI=1S/C25H21N3O3/c1-18-11-13-19(14-12-18)17-28-24(29)16-15-22(27-28)25(30)26-21-9-5-6-10-23(21)31-20-7-3-2-4-8-20/h2-16H,17H2,1H3,(H,26,30). The van der Waals surface area contributed by atoms with Crippen LogP contribution in [-0.4, -0.2) is 15.7 Å². The van der Waals surface area contributed by atoms with Crippen LogP contribution in [0.15, 0.2) is 95.8 Å².